The molecule has 1 saturated heterocycles. The van der Waals surface area contributed by atoms with E-state index in [2.05, 4.69) is 47.6 Å². The summed E-state index contributed by atoms with van der Waals surface area (Å²) in [4.78, 5) is 17.7. The molecule has 3 aliphatic rings. The van der Waals surface area contributed by atoms with E-state index in [1.165, 1.54) is 5.56 Å². The van der Waals surface area contributed by atoms with Crippen LogP contribution in [0.15, 0.2) is 54.6 Å². The molecule has 2 aromatic carbocycles. The van der Waals surface area contributed by atoms with E-state index in [0.29, 0.717) is 11.8 Å². The number of allylic oxidation sites excluding steroid dienone is 2. The highest BCUT2D eigenvalue weighted by Crippen LogP contribution is 2.52. The maximum atomic E-state index is 13.5. The number of carbonyl (C=O) groups excluding carboxylic acids is 1. The van der Waals surface area contributed by atoms with E-state index in [1.807, 2.05) is 29.2 Å². The number of methoxy groups -OCH3 is 1. The Morgan fingerprint density at radius 2 is 1.80 bits per heavy atom. The van der Waals surface area contributed by atoms with Crippen molar-refractivity contribution < 1.29 is 9.53 Å². The molecule has 1 aliphatic carbocycles. The van der Waals surface area contributed by atoms with Gasteiger partial charge in [0, 0.05) is 37.7 Å². The maximum Gasteiger partial charge on any atom is 0.256 e. The van der Waals surface area contributed by atoms with Crippen LogP contribution in [-0.4, -0.2) is 56.0 Å². The van der Waals surface area contributed by atoms with Gasteiger partial charge in [0.25, 0.3) is 5.91 Å². The summed E-state index contributed by atoms with van der Waals surface area (Å²) in [6.07, 6.45) is 5.62. The number of fused-ring (bicyclic) bond motifs is 3. The number of rotatable bonds is 3. The quantitative estimate of drug-likeness (QED) is 0.790. The number of likely N-dealkylation sites (N-methyl/N-ethyl adjacent to an activating group) is 1. The van der Waals surface area contributed by atoms with Crippen molar-refractivity contribution in [2.45, 2.75) is 18.4 Å². The molecule has 3 unspecified atom stereocenters. The molecule has 30 heavy (non-hydrogen) atoms. The van der Waals surface area contributed by atoms with Crippen molar-refractivity contribution >= 4 is 11.6 Å². The van der Waals surface area contributed by atoms with Gasteiger partial charge in [-0.3, -0.25) is 4.79 Å². The lowest BCUT2D eigenvalue weighted by Gasteiger charge is -2.39. The van der Waals surface area contributed by atoms with Crippen LogP contribution >= 0.6 is 0 Å². The summed E-state index contributed by atoms with van der Waals surface area (Å²) >= 11 is 0. The summed E-state index contributed by atoms with van der Waals surface area (Å²) < 4.78 is 5.68. The van der Waals surface area contributed by atoms with Crippen molar-refractivity contribution in [2.75, 3.05) is 45.7 Å². The summed E-state index contributed by atoms with van der Waals surface area (Å²) in [6, 6.07) is 14.5. The number of nitrogens with one attached hydrogen (secondary N) is 1. The van der Waals surface area contributed by atoms with E-state index in [1.54, 1.807) is 7.11 Å². The number of benzene rings is 2. The standard InChI is InChI=1S/C25H29N3O2/c1-27-13-15-28(16-14-27)25(29)21-11-6-10-19-17-8-5-9-18(17)23(26-24(19)21)20-7-3-4-12-22(20)30-2/h3-8,10-12,17-18,23,26H,9,13-16H2,1-2H3. The van der Waals surface area contributed by atoms with Crippen LogP contribution in [0.3, 0.4) is 0 Å². The van der Waals surface area contributed by atoms with Gasteiger partial charge in [0.05, 0.1) is 24.4 Å². The van der Waals surface area contributed by atoms with Gasteiger partial charge in [0.15, 0.2) is 0 Å². The highest BCUT2D eigenvalue weighted by Gasteiger charge is 2.40. The molecule has 2 aromatic rings. The van der Waals surface area contributed by atoms with Gasteiger partial charge in [0.2, 0.25) is 0 Å². The van der Waals surface area contributed by atoms with Gasteiger partial charge in [0.1, 0.15) is 5.75 Å². The summed E-state index contributed by atoms with van der Waals surface area (Å²) in [5.74, 6) is 1.76. The number of piperazine rings is 1. The first-order chi connectivity index (χ1) is 14.7. The summed E-state index contributed by atoms with van der Waals surface area (Å²) in [7, 11) is 3.83. The third kappa shape index (κ3) is 3.18. The average molecular weight is 404 g/mol. The highest BCUT2D eigenvalue weighted by atomic mass is 16.5. The minimum absolute atomic E-state index is 0.107. The second-order valence-corrected chi connectivity index (χ2v) is 8.58. The molecule has 5 rings (SSSR count). The largest absolute Gasteiger partial charge is 0.496 e. The van der Waals surface area contributed by atoms with E-state index in [9.17, 15) is 4.79 Å². The molecule has 0 saturated carbocycles. The van der Waals surface area contributed by atoms with E-state index < -0.39 is 0 Å². The molecule has 3 atom stereocenters. The Hall–Kier alpha value is -2.79. The average Bonchev–Trinajstić information content (AvgIpc) is 3.28. The molecule has 156 valence electrons. The number of anilines is 1. The van der Waals surface area contributed by atoms with Crippen molar-refractivity contribution in [1.29, 1.82) is 0 Å². The van der Waals surface area contributed by atoms with Crippen molar-refractivity contribution in [3.05, 3.63) is 71.3 Å². The molecule has 2 aliphatic heterocycles. The molecule has 2 heterocycles. The number of para-hydroxylation sites is 2. The van der Waals surface area contributed by atoms with E-state index in [-0.39, 0.29) is 11.9 Å². The number of nitrogens with zero attached hydrogens (tertiary/aromatic N) is 2. The van der Waals surface area contributed by atoms with Gasteiger partial charge < -0.3 is 19.9 Å². The fraction of sp³-hybridized carbons (Fsp3) is 0.400. The molecule has 0 radical (unpaired) electrons. The van der Waals surface area contributed by atoms with Crippen LogP contribution in [0, 0.1) is 5.92 Å². The van der Waals surface area contributed by atoms with Crippen molar-refractivity contribution in [3.8, 4) is 5.75 Å². The minimum Gasteiger partial charge on any atom is -0.496 e. The van der Waals surface area contributed by atoms with Crippen LogP contribution < -0.4 is 10.1 Å². The predicted molar refractivity (Wildman–Crippen MR) is 119 cm³/mol. The predicted octanol–water partition coefficient (Wildman–Crippen LogP) is 3.91. The minimum atomic E-state index is 0.107. The van der Waals surface area contributed by atoms with E-state index in [4.69, 9.17) is 4.74 Å². The van der Waals surface area contributed by atoms with Gasteiger partial charge in [-0.05, 0) is 37.1 Å². The number of hydrogen-bond donors (Lipinski definition) is 1. The van der Waals surface area contributed by atoms with Crippen molar-refractivity contribution in [1.82, 2.24) is 9.80 Å². The zero-order valence-electron chi connectivity index (χ0n) is 17.7. The second kappa shape index (κ2) is 7.80. The SMILES string of the molecule is COc1ccccc1C1Nc2c(C(=O)N3CCN(C)CC3)cccc2C2C=CCC21. The third-order valence-corrected chi connectivity index (χ3v) is 6.89. The number of ether oxygens (including phenoxy) is 1. The zero-order chi connectivity index (χ0) is 20.7. The van der Waals surface area contributed by atoms with Gasteiger partial charge in [-0.1, -0.05) is 42.5 Å². The first kappa shape index (κ1) is 19.2. The van der Waals surface area contributed by atoms with Crippen LogP contribution in [0.5, 0.6) is 5.75 Å². The molecule has 1 fully saturated rings. The molecular formula is C25H29N3O2. The summed E-state index contributed by atoms with van der Waals surface area (Å²) in [5, 5.41) is 3.78. The van der Waals surface area contributed by atoms with Crippen LogP contribution in [-0.2, 0) is 0 Å². The fourth-order valence-electron chi connectivity index (χ4n) is 5.21. The molecule has 5 heteroatoms. The number of amides is 1. The van der Waals surface area contributed by atoms with Gasteiger partial charge >= 0.3 is 0 Å². The molecule has 5 nitrogen and oxygen atoms in total. The van der Waals surface area contributed by atoms with Crippen LogP contribution in [0.25, 0.3) is 0 Å². The highest BCUT2D eigenvalue weighted by molar-refractivity contribution is 6.01. The zero-order valence-corrected chi connectivity index (χ0v) is 17.7. The Balaban J connectivity index is 1.54. The molecule has 0 bridgehead atoms. The van der Waals surface area contributed by atoms with Gasteiger partial charge in [-0.15, -0.1) is 0 Å². The first-order valence-corrected chi connectivity index (χ1v) is 10.8. The maximum absolute atomic E-state index is 13.5. The lowest BCUT2D eigenvalue weighted by molar-refractivity contribution is 0.0664. The Kier molecular flexibility index (Phi) is 4.99. The van der Waals surface area contributed by atoms with E-state index in [0.717, 1.165) is 55.2 Å². The smallest absolute Gasteiger partial charge is 0.256 e. The molecule has 1 amide bonds. The van der Waals surface area contributed by atoms with Crippen molar-refractivity contribution in [3.63, 3.8) is 0 Å². The third-order valence-electron chi connectivity index (χ3n) is 6.89. The summed E-state index contributed by atoms with van der Waals surface area (Å²) in [5.41, 5.74) is 4.17. The lowest BCUT2D eigenvalue weighted by atomic mass is 9.76. The topological polar surface area (TPSA) is 44.8 Å². The van der Waals surface area contributed by atoms with Crippen LogP contribution in [0.2, 0.25) is 0 Å². The molecule has 0 spiro atoms. The number of hydrogen-bond acceptors (Lipinski definition) is 4. The summed E-state index contributed by atoms with van der Waals surface area (Å²) in [6.45, 7) is 3.40. The fourth-order valence-corrected chi connectivity index (χ4v) is 5.21. The molecule has 0 aromatic heterocycles. The monoisotopic (exact) mass is 403 g/mol. The molecular weight excluding hydrogens is 374 g/mol. The van der Waals surface area contributed by atoms with Crippen LogP contribution in [0.1, 0.15) is 39.9 Å². The van der Waals surface area contributed by atoms with Gasteiger partial charge in [-0.2, -0.15) is 0 Å². The van der Waals surface area contributed by atoms with Crippen LogP contribution in [0.4, 0.5) is 5.69 Å². The molecule has 1 N–H and O–H groups in total. The number of carbonyl (C=O) groups is 1. The van der Waals surface area contributed by atoms with E-state index >= 15 is 0 Å². The Labute approximate surface area is 178 Å². The normalized spacial score (nSPS) is 25.4. The Morgan fingerprint density at radius 3 is 2.60 bits per heavy atom. The van der Waals surface area contributed by atoms with Gasteiger partial charge in [-0.25, -0.2) is 0 Å². The first-order valence-electron chi connectivity index (χ1n) is 10.8. The lowest BCUT2D eigenvalue weighted by Crippen LogP contribution is -2.47. The Bertz CT molecular complexity index is 978. The second-order valence-electron chi connectivity index (χ2n) is 8.58. The van der Waals surface area contributed by atoms with Crippen molar-refractivity contribution in [2.24, 2.45) is 5.92 Å². The Morgan fingerprint density at radius 1 is 1.03 bits per heavy atom.